The summed E-state index contributed by atoms with van der Waals surface area (Å²) in [6, 6.07) is 13.9. The maximum absolute atomic E-state index is 6.12. The summed E-state index contributed by atoms with van der Waals surface area (Å²) < 4.78 is 5.98. The number of methoxy groups -OCH3 is 1. The largest absolute Gasteiger partial charge is 0.497 e. The molecule has 1 unspecified atom stereocenters. The SMILES string of the molecule is COc1ccc(C2SC(=S)Nc3ccc(Cl)cc32)cc1. The van der Waals surface area contributed by atoms with E-state index < -0.39 is 0 Å². The van der Waals surface area contributed by atoms with E-state index in [0.29, 0.717) is 0 Å². The second-order valence-electron chi connectivity index (χ2n) is 4.42. The fourth-order valence-corrected chi connectivity index (χ4v) is 3.78. The first-order valence-corrected chi connectivity index (χ1v) is 7.75. The summed E-state index contributed by atoms with van der Waals surface area (Å²) in [6.45, 7) is 0. The van der Waals surface area contributed by atoms with Gasteiger partial charge in [-0.25, -0.2) is 0 Å². The molecule has 2 aromatic carbocycles. The molecule has 3 rings (SSSR count). The van der Waals surface area contributed by atoms with Gasteiger partial charge in [0.25, 0.3) is 0 Å². The van der Waals surface area contributed by atoms with Crippen LogP contribution in [-0.4, -0.2) is 11.4 Å². The van der Waals surface area contributed by atoms with Crippen LogP contribution < -0.4 is 10.1 Å². The molecule has 20 heavy (non-hydrogen) atoms. The first-order valence-electron chi connectivity index (χ1n) is 6.08. The molecule has 0 fully saturated rings. The van der Waals surface area contributed by atoms with Crippen molar-refractivity contribution in [2.45, 2.75) is 5.25 Å². The molecule has 1 N–H and O–H groups in total. The Hall–Kier alpha value is -1.23. The predicted molar refractivity (Wildman–Crippen MR) is 90.1 cm³/mol. The van der Waals surface area contributed by atoms with Gasteiger partial charge in [0.2, 0.25) is 0 Å². The molecule has 2 aromatic rings. The summed E-state index contributed by atoms with van der Waals surface area (Å²) in [5.74, 6) is 0.849. The van der Waals surface area contributed by atoms with Crippen LogP contribution in [0.5, 0.6) is 5.75 Å². The molecule has 1 atom stereocenters. The lowest BCUT2D eigenvalue weighted by Gasteiger charge is -2.27. The maximum Gasteiger partial charge on any atom is 0.139 e. The van der Waals surface area contributed by atoms with E-state index in [1.165, 1.54) is 5.56 Å². The molecule has 1 heterocycles. The fourth-order valence-electron chi connectivity index (χ4n) is 2.20. The molecule has 5 heteroatoms. The molecule has 1 aliphatic rings. The number of thiocarbonyl (C=S) groups is 1. The van der Waals surface area contributed by atoms with Gasteiger partial charge >= 0.3 is 0 Å². The third-order valence-electron chi connectivity index (χ3n) is 3.18. The number of benzene rings is 2. The molecule has 1 aliphatic heterocycles. The first kappa shape index (κ1) is 13.7. The number of halogens is 1. The van der Waals surface area contributed by atoms with Crippen molar-refractivity contribution in [3.05, 3.63) is 58.6 Å². The lowest BCUT2D eigenvalue weighted by molar-refractivity contribution is 0.414. The van der Waals surface area contributed by atoms with Crippen LogP contribution in [0, 0.1) is 0 Å². The zero-order chi connectivity index (χ0) is 14.1. The second kappa shape index (κ2) is 5.64. The van der Waals surface area contributed by atoms with Gasteiger partial charge in [0.05, 0.1) is 12.4 Å². The monoisotopic (exact) mass is 321 g/mol. The molecule has 0 saturated heterocycles. The Balaban J connectivity index is 2.04. The van der Waals surface area contributed by atoms with Crippen molar-refractivity contribution in [2.75, 3.05) is 12.4 Å². The number of thioether (sulfide) groups is 1. The number of hydrogen-bond acceptors (Lipinski definition) is 3. The highest BCUT2D eigenvalue weighted by atomic mass is 35.5. The van der Waals surface area contributed by atoms with Crippen LogP contribution >= 0.6 is 35.6 Å². The third-order valence-corrected chi connectivity index (χ3v) is 4.88. The zero-order valence-electron chi connectivity index (χ0n) is 10.7. The van der Waals surface area contributed by atoms with E-state index in [1.807, 2.05) is 30.3 Å². The van der Waals surface area contributed by atoms with Crippen molar-refractivity contribution in [3.63, 3.8) is 0 Å². The average molecular weight is 322 g/mol. The molecule has 0 saturated carbocycles. The molecule has 0 radical (unpaired) electrons. The summed E-state index contributed by atoms with van der Waals surface area (Å²) in [6.07, 6.45) is 0. The molecular weight excluding hydrogens is 310 g/mol. The van der Waals surface area contributed by atoms with Gasteiger partial charge in [-0.3, -0.25) is 0 Å². The second-order valence-corrected chi connectivity index (χ2v) is 6.63. The Kier molecular flexibility index (Phi) is 3.87. The molecule has 0 amide bonds. The van der Waals surface area contributed by atoms with Gasteiger partial charge in [-0.15, -0.1) is 0 Å². The third kappa shape index (κ3) is 2.64. The number of anilines is 1. The molecular formula is C15H12ClNOS2. The highest BCUT2D eigenvalue weighted by Gasteiger charge is 2.25. The summed E-state index contributed by atoms with van der Waals surface area (Å²) >= 11 is 13.1. The van der Waals surface area contributed by atoms with E-state index in [1.54, 1.807) is 18.9 Å². The Morgan fingerprint density at radius 3 is 2.65 bits per heavy atom. The Labute approximate surface area is 132 Å². The number of ether oxygens (including phenoxy) is 1. The van der Waals surface area contributed by atoms with Crippen molar-refractivity contribution in [3.8, 4) is 5.75 Å². The average Bonchev–Trinajstić information content (AvgIpc) is 2.47. The van der Waals surface area contributed by atoms with E-state index in [9.17, 15) is 0 Å². The minimum Gasteiger partial charge on any atom is -0.497 e. The van der Waals surface area contributed by atoms with Crippen LogP contribution in [0.1, 0.15) is 16.4 Å². The van der Waals surface area contributed by atoms with Crippen molar-refractivity contribution in [1.29, 1.82) is 0 Å². The van der Waals surface area contributed by atoms with E-state index >= 15 is 0 Å². The van der Waals surface area contributed by atoms with Crippen LogP contribution in [-0.2, 0) is 0 Å². The van der Waals surface area contributed by atoms with E-state index in [0.717, 1.165) is 26.3 Å². The quantitative estimate of drug-likeness (QED) is 0.795. The topological polar surface area (TPSA) is 21.3 Å². The Bertz CT molecular complexity index is 657. The molecule has 0 spiro atoms. The van der Waals surface area contributed by atoms with E-state index in [2.05, 4.69) is 17.4 Å². The van der Waals surface area contributed by atoms with Crippen molar-refractivity contribution < 1.29 is 4.74 Å². The number of rotatable bonds is 2. The van der Waals surface area contributed by atoms with Gasteiger partial charge in [-0.2, -0.15) is 0 Å². The molecule has 2 nitrogen and oxygen atoms in total. The van der Waals surface area contributed by atoms with Crippen LogP contribution in [0.15, 0.2) is 42.5 Å². The summed E-state index contributed by atoms with van der Waals surface area (Å²) in [5, 5.41) is 4.11. The fraction of sp³-hybridized carbons (Fsp3) is 0.133. The van der Waals surface area contributed by atoms with Gasteiger partial charge < -0.3 is 10.1 Å². The summed E-state index contributed by atoms with van der Waals surface area (Å²) in [5.41, 5.74) is 3.36. The lowest BCUT2D eigenvalue weighted by atomic mass is 10.0. The lowest BCUT2D eigenvalue weighted by Crippen LogP contribution is -2.16. The highest BCUT2D eigenvalue weighted by Crippen LogP contribution is 2.45. The summed E-state index contributed by atoms with van der Waals surface area (Å²) in [7, 11) is 1.67. The van der Waals surface area contributed by atoms with Crippen LogP contribution in [0.4, 0.5) is 5.69 Å². The van der Waals surface area contributed by atoms with Crippen LogP contribution in [0.25, 0.3) is 0 Å². The Morgan fingerprint density at radius 1 is 1.20 bits per heavy atom. The normalized spacial score (nSPS) is 17.3. The molecule has 0 aliphatic carbocycles. The maximum atomic E-state index is 6.12. The van der Waals surface area contributed by atoms with Crippen molar-refractivity contribution in [2.24, 2.45) is 0 Å². The van der Waals surface area contributed by atoms with Crippen LogP contribution in [0.3, 0.4) is 0 Å². The van der Waals surface area contributed by atoms with Crippen molar-refractivity contribution in [1.82, 2.24) is 0 Å². The smallest absolute Gasteiger partial charge is 0.139 e. The number of hydrogen-bond donors (Lipinski definition) is 1. The molecule has 0 aromatic heterocycles. The minimum absolute atomic E-state index is 0.156. The zero-order valence-corrected chi connectivity index (χ0v) is 13.1. The highest BCUT2D eigenvalue weighted by molar-refractivity contribution is 8.23. The van der Waals surface area contributed by atoms with Crippen molar-refractivity contribution >= 4 is 45.6 Å². The van der Waals surface area contributed by atoms with Gasteiger partial charge in [-0.1, -0.05) is 47.7 Å². The predicted octanol–water partition coefficient (Wildman–Crippen LogP) is 4.88. The van der Waals surface area contributed by atoms with E-state index in [-0.39, 0.29) is 5.25 Å². The summed E-state index contributed by atoms with van der Waals surface area (Å²) in [4.78, 5) is 0. The standard InChI is InChI=1S/C15H12ClNOS2/c1-18-11-5-2-9(3-6-11)14-12-8-10(16)4-7-13(12)17-15(19)20-14/h2-8,14H,1H3,(H,17,19). The number of nitrogens with one attached hydrogen (secondary N) is 1. The van der Waals surface area contributed by atoms with Gasteiger partial charge in [0.1, 0.15) is 10.1 Å². The Morgan fingerprint density at radius 2 is 1.95 bits per heavy atom. The van der Waals surface area contributed by atoms with Crippen LogP contribution in [0.2, 0.25) is 5.02 Å². The van der Waals surface area contributed by atoms with Gasteiger partial charge in [-0.05, 0) is 41.5 Å². The number of fused-ring (bicyclic) bond motifs is 1. The van der Waals surface area contributed by atoms with E-state index in [4.69, 9.17) is 28.6 Å². The molecule has 0 bridgehead atoms. The van der Waals surface area contributed by atoms with Gasteiger partial charge in [0, 0.05) is 10.7 Å². The first-order chi connectivity index (χ1) is 9.67. The minimum atomic E-state index is 0.156. The molecule has 102 valence electrons. The van der Waals surface area contributed by atoms with Gasteiger partial charge in [0.15, 0.2) is 0 Å².